The lowest BCUT2D eigenvalue weighted by Crippen LogP contribution is -2.43. The molecule has 1 aromatic rings. The largest absolute Gasteiger partial charge is 0.373 e. The van der Waals surface area contributed by atoms with E-state index in [1.807, 2.05) is 0 Å². The smallest absolute Gasteiger partial charge is 0.223 e. The van der Waals surface area contributed by atoms with Crippen LogP contribution < -0.4 is 16.0 Å². The molecule has 1 saturated heterocycles. The Labute approximate surface area is 198 Å². The lowest BCUT2D eigenvalue weighted by molar-refractivity contribution is -0.127. The van der Waals surface area contributed by atoms with E-state index >= 15 is 0 Å². The molecule has 1 saturated carbocycles. The predicted molar refractivity (Wildman–Crippen MR) is 132 cm³/mol. The molecule has 2 aliphatic rings. The molecule has 2 unspecified atom stereocenters. The first kappa shape index (κ1) is 24.9. The van der Waals surface area contributed by atoms with Gasteiger partial charge in [0.05, 0.1) is 6.10 Å². The summed E-state index contributed by atoms with van der Waals surface area (Å²) in [5.41, 5.74) is 2.53. The van der Waals surface area contributed by atoms with Gasteiger partial charge in [-0.1, -0.05) is 36.2 Å². The Morgan fingerprint density at radius 2 is 1.80 bits per heavy atom. The van der Waals surface area contributed by atoms with Crippen LogP contribution in [-0.4, -0.2) is 45.2 Å². The quantitative estimate of drug-likeness (QED) is 0.209. The van der Waals surface area contributed by atoms with Crippen molar-refractivity contribution in [1.29, 1.82) is 0 Å². The van der Waals surface area contributed by atoms with Gasteiger partial charge in [0.15, 0.2) is 5.96 Å². The van der Waals surface area contributed by atoms with E-state index in [9.17, 15) is 4.79 Å². The number of aliphatic imine (C=N–C) groups is 1. The Morgan fingerprint density at radius 3 is 2.47 bits per heavy atom. The molecule has 2 atom stereocenters. The molecule has 0 aromatic heterocycles. The molecule has 1 aromatic carbocycles. The Hall–Kier alpha value is -1.35. The first-order chi connectivity index (χ1) is 14.2. The van der Waals surface area contributed by atoms with Gasteiger partial charge in [-0.25, -0.2) is 0 Å². The van der Waals surface area contributed by atoms with Crippen molar-refractivity contribution < 1.29 is 9.53 Å². The van der Waals surface area contributed by atoms with Gasteiger partial charge in [-0.3, -0.25) is 9.79 Å². The average molecular weight is 528 g/mol. The van der Waals surface area contributed by atoms with Gasteiger partial charge in [0, 0.05) is 45.1 Å². The van der Waals surface area contributed by atoms with Crippen molar-refractivity contribution in [3.05, 3.63) is 35.4 Å². The van der Waals surface area contributed by atoms with Crippen LogP contribution >= 0.6 is 24.0 Å². The number of ether oxygens (including phenoxy) is 1. The highest BCUT2D eigenvalue weighted by Crippen LogP contribution is 2.33. The lowest BCUT2D eigenvalue weighted by atomic mass is 9.85. The fraction of sp³-hybridized carbons (Fsp3) is 0.652. The van der Waals surface area contributed by atoms with Crippen LogP contribution in [0.1, 0.15) is 55.8 Å². The Morgan fingerprint density at radius 1 is 1.07 bits per heavy atom. The number of rotatable bonds is 8. The van der Waals surface area contributed by atoms with Crippen LogP contribution in [0.4, 0.5) is 0 Å². The number of nitrogens with one attached hydrogen (secondary N) is 3. The van der Waals surface area contributed by atoms with Crippen LogP contribution in [0.25, 0.3) is 0 Å². The topological polar surface area (TPSA) is 74.8 Å². The molecule has 1 aliphatic carbocycles. The zero-order chi connectivity index (χ0) is 20.5. The monoisotopic (exact) mass is 528 g/mol. The van der Waals surface area contributed by atoms with E-state index in [0.717, 1.165) is 57.8 Å². The molecule has 30 heavy (non-hydrogen) atoms. The molecular weight excluding hydrogens is 491 g/mol. The van der Waals surface area contributed by atoms with Crippen molar-refractivity contribution in [3.8, 4) is 0 Å². The van der Waals surface area contributed by atoms with E-state index in [4.69, 9.17) is 4.74 Å². The molecule has 3 rings (SSSR count). The van der Waals surface area contributed by atoms with Gasteiger partial charge in [0.2, 0.25) is 5.91 Å². The summed E-state index contributed by atoms with van der Waals surface area (Å²) in [6.07, 6.45) is 6.56. The Balaban J connectivity index is 0.00000320. The van der Waals surface area contributed by atoms with Crippen molar-refractivity contribution >= 4 is 35.8 Å². The zero-order valence-electron chi connectivity index (χ0n) is 18.3. The number of guanidine groups is 1. The Kier molecular flexibility index (Phi) is 10.9. The molecule has 168 valence electrons. The van der Waals surface area contributed by atoms with E-state index in [-0.39, 0.29) is 41.9 Å². The summed E-state index contributed by atoms with van der Waals surface area (Å²) < 4.78 is 6.11. The number of nitrogens with zero attached hydrogens (tertiary/aromatic N) is 1. The van der Waals surface area contributed by atoms with Gasteiger partial charge in [0.1, 0.15) is 0 Å². The maximum Gasteiger partial charge on any atom is 0.223 e. The van der Waals surface area contributed by atoms with Gasteiger partial charge in [-0.05, 0) is 44.6 Å². The van der Waals surface area contributed by atoms with Crippen LogP contribution in [-0.2, 0) is 9.53 Å². The molecule has 0 spiro atoms. The average Bonchev–Trinajstić information content (AvgIpc) is 2.69. The van der Waals surface area contributed by atoms with Gasteiger partial charge in [-0.15, -0.1) is 24.0 Å². The number of benzene rings is 1. The summed E-state index contributed by atoms with van der Waals surface area (Å²) in [5.74, 6) is 1.71. The number of carbonyl (C=O) groups excluding carboxylic acids is 1. The summed E-state index contributed by atoms with van der Waals surface area (Å²) in [5, 5.41) is 9.84. The minimum Gasteiger partial charge on any atom is -0.373 e. The predicted octanol–water partition coefficient (Wildman–Crippen LogP) is 3.55. The number of halogens is 1. The van der Waals surface area contributed by atoms with Crippen molar-refractivity contribution in [2.24, 2.45) is 16.8 Å². The van der Waals surface area contributed by atoms with Gasteiger partial charge in [0.25, 0.3) is 0 Å². The zero-order valence-corrected chi connectivity index (χ0v) is 20.6. The SMILES string of the molecule is CN=C(NCCCNC(=O)C1CCC1)NCC1CCCOC1c1ccc(C)cc1.I. The first-order valence-electron chi connectivity index (χ1n) is 11.1. The van der Waals surface area contributed by atoms with Crippen molar-refractivity contribution in [3.63, 3.8) is 0 Å². The fourth-order valence-corrected chi connectivity index (χ4v) is 3.95. The van der Waals surface area contributed by atoms with Crippen LogP contribution in [0.15, 0.2) is 29.3 Å². The molecule has 2 fully saturated rings. The first-order valence-corrected chi connectivity index (χ1v) is 11.1. The molecular formula is C23H37IN4O2. The third kappa shape index (κ3) is 7.41. The molecule has 1 heterocycles. The Bertz CT molecular complexity index is 676. The van der Waals surface area contributed by atoms with E-state index < -0.39 is 0 Å². The molecule has 0 bridgehead atoms. The summed E-state index contributed by atoms with van der Waals surface area (Å²) >= 11 is 0. The summed E-state index contributed by atoms with van der Waals surface area (Å²) in [4.78, 5) is 16.2. The van der Waals surface area contributed by atoms with Gasteiger partial charge in [-0.2, -0.15) is 0 Å². The highest BCUT2D eigenvalue weighted by Gasteiger charge is 2.27. The minimum atomic E-state index is 0. The third-order valence-electron chi connectivity index (χ3n) is 6.03. The number of carbonyl (C=O) groups is 1. The minimum absolute atomic E-state index is 0. The number of amides is 1. The maximum atomic E-state index is 11.8. The highest BCUT2D eigenvalue weighted by atomic mass is 127. The lowest BCUT2D eigenvalue weighted by Gasteiger charge is -2.32. The van der Waals surface area contributed by atoms with Crippen molar-refractivity contribution in [1.82, 2.24) is 16.0 Å². The van der Waals surface area contributed by atoms with Crippen molar-refractivity contribution in [2.75, 3.05) is 33.3 Å². The third-order valence-corrected chi connectivity index (χ3v) is 6.03. The summed E-state index contributed by atoms with van der Waals surface area (Å²) in [6, 6.07) is 8.68. The van der Waals surface area contributed by atoms with E-state index in [1.54, 1.807) is 7.05 Å². The second-order valence-electron chi connectivity index (χ2n) is 8.26. The number of hydrogen-bond acceptors (Lipinski definition) is 3. The molecule has 1 amide bonds. The molecule has 0 radical (unpaired) electrons. The number of aryl methyl sites for hydroxylation is 1. The van der Waals surface area contributed by atoms with Crippen LogP contribution in [0, 0.1) is 18.8 Å². The highest BCUT2D eigenvalue weighted by molar-refractivity contribution is 14.0. The fourth-order valence-electron chi connectivity index (χ4n) is 3.95. The van der Waals surface area contributed by atoms with Crippen LogP contribution in [0.2, 0.25) is 0 Å². The summed E-state index contributed by atoms with van der Waals surface area (Å²) in [7, 11) is 1.79. The maximum absolute atomic E-state index is 11.8. The molecule has 6 nitrogen and oxygen atoms in total. The van der Waals surface area contributed by atoms with E-state index in [1.165, 1.54) is 17.5 Å². The van der Waals surface area contributed by atoms with Gasteiger partial charge < -0.3 is 20.7 Å². The normalized spacial score (nSPS) is 21.9. The molecule has 1 aliphatic heterocycles. The molecule has 7 heteroatoms. The van der Waals surface area contributed by atoms with Crippen molar-refractivity contribution in [2.45, 2.75) is 51.6 Å². The van der Waals surface area contributed by atoms with E-state index in [2.05, 4.69) is 52.1 Å². The standard InChI is InChI=1S/C23H36N4O2.HI/c1-17-9-11-18(12-10-17)21-20(8-4-15-29-21)16-27-23(24-2)26-14-5-13-25-22(28)19-6-3-7-19;/h9-12,19-21H,3-8,13-16H2,1-2H3,(H,25,28)(H2,24,26,27);1H. The number of hydrogen-bond donors (Lipinski definition) is 3. The molecule has 3 N–H and O–H groups in total. The second kappa shape index (κ2) is 13.1. The van der Waals surface area contributed by atoms with Crippen LogP contribution in [0.3, 0.4) is 0 Å². The van der Waals surface area contributed by atoms with Gasteiger partial charge >= 0.3 is 0 Å². The van der Waals surface area contributed by atoms with Crippen LogP contribution in [0.5, 0.6) is 0 Å². The van der Waals surface area contributed by atoms with E-state index in [0.29, 0.717) is 12.5 Å². The summed E-state index contributed by atoms with van der Waals surface area (Å²) in [6.45, 7) is 5.27. The second-order valence-corrected chi connectivity index (χ2v) is 8.26.